The fourth-order valence-electron chi connectivity index (χ4n) is 1.73. The van der Waals surface area contributed by atoms with Crippen LogP contribution >= 0.6 is 0 Å². The molecule has 0 spiro atoms. The van der Waals surface area contributed by atoms with Gasteiger partial charge in [-0.15, -0.1) is 0 Å². The van der Waals surface area contributed by atoms with Gasteiger partial charge in [0.25, 0.3) is 0 Å². The number of hydrogen-bond acceptors (Lipinski definition) is 12. The second kappa shape index (κ2) is 25.1. The van der Waals surface area contributed by atoms with E-state index in [0.717, 1.165) is 0 Å². The van der Waals surface area contributed by atoms with Crippen molar-refractivity contribution in [1.82, 2.24) is 0 Å². The monoisotopic (exact) mass is 480 g/mol. The lowest BCUT2D eigenvalue weighted by Gasteiger charge is -1.98. The van der Waals surface area contributed by atoms with E-state index >= 15 is 0 Å². The zero-order chi connectivity index (χ0) is 26.1. The molecule has 0 bridgehead atoms. The summed E-state index contributed by atoms with van der Waals surface area (Å²) in [6, 6.07) is 0. The molecular weight excluding hydrogens is 444 g/mol. The lowest BCUT2D eigenvalue weighted by molar-refractivity contribution is -0.147. The van der Waals surface area contributed by atoms with Crippen LogP contribution in [0, 0.1) is 0 Å². The Morgan fingerprint density at radius 2 is 0.515 bits per heavy atom. The third-order valence-corrected chi connectivity index (χ3v) is 3.67. The van der Waals surface area contributed by atoms with Gasteiger partial charge in [-0.2, -0.15) is 0 Å². The Balaban J connectivity index is -0.000000411. The number of ether oxygens (including phenoxy) is 6. The molecule has 0 atom stereocenters. The summed E-state index contributed by atoms with van der Waals surface area (Å²) in [5.74, 6) is -1.86. The molecular formula is C21H36O12. The van der Waals surface area contributed by atoms with Crippen molar-refractivity contribution in [2.24, 2.45) is 0 Å². The molecule has 0 heterocycles. The molecule has 0 aliphatic carbocycles. The van der Waals surface area contributed by atoms with Crippen LogP contribution in [0.15, 0.2) is 0 Å². The van der Waals surface area contributed by atoms with Crippen molar-refractivity contribution in [1.29, 1.82) is 0 Å². The molecule has 0 aromatic rings. The van der Waals surface area contributed by atoms with Gasteiger partial charge >= 0.3 is 35.8 Å². The Hall–Kier alpha value is -3.18. The van der Waals surface area contributed by atoms with E-state index in [1.807, 2.05) is 0 Å². The molecule has 0 N–H and O–H groups in total. The molecule has 0 unspecified atom stereocenters. The number of carbonyl (C=O) groups excluding carboxylic acids is 6. The lowest BCUT2D eigenvalue weighted by Crippen LogP contribution is -2.06. The average Bonchev–Trinajstić information content (AvgIpc) is 2.84. The molecule has 0 fully saturated rings. The van der Waals surface area contributed by atoms with Crippen LogP contribution in [0.2, 0.25) is 0 Å². The largest absolute Gasteiger partial charge is 0.469 e. The third kappa shape index (κ3) is 28.8. The fraction of sp³-hybridized carbons (Fsp3) is 0.714. The third-order valence-electron chi connectivity index (χ3n) is 3.67. The summed E-state index contributed by atoms with van der Waals surface area (Å²) in [4.78, 5) is 63.0. The van der Waals surface area contributed by atoms with Gasteiger partial charge in [0, 0.05) is 25.7 Å². The summed E-state index contributed by atoms with van der Waals surface area (Å²) in [6.07, 6.45) is 3.27. The zero-order valence-electron chi connectivity index (χ0n) is 20.3. The molecule has 12 heteroatoms. The molecule has 0 radical (unpaired) electrons. The number of carbonyl (C=O) groups is 6. The van der Waals surface area contributed by atoms with E-state index in [-0.39, 0.29) is 49.6 Å². The van der Waals surface area contributed by atoms with E-state index in [1.54, 1.807) is 0 Å². The minimum atomic E-state index is -0.398. The van der Waals surface area contributed by atoms with Gasteiger partial charge in [0.15, 0.2) is 0 Å². The molecule has 0 aromatic heterocycles. The van der Waals surface area contributed by atoms with E-state index in [2.05, 4.69) is 28.4 Å². The maximum Gasteiger partial charge on any atom is 0.306 e. The van der Waals surface area contributed by atoms with Crippen molar-refractivity contribution < 1.29 is 57.2 Å². The number of esters is 6. The molecule has 33 heavy (non-hydrogen) atoms. The van der Waals surface area contributed by atoms with Crippen molar-refractivity contribution in [2.75, 3.05) is 42.7 Å². The number of rotatable bonds is 12. The van der Waals surface area contributed by atoms with Crippen LogP contribution in [-0.2, 0) is 57.2 Å². The minimum absolute atomic E-state index is 0.0865. The number of methoxy groups -OCH3 is 6. The summed E-state index contributed by atoms with van der Waals surface area (Å²) in [6.45, 7) is 0. The predicted molar refractivity (Wildman–Crippen MR) is 114 cm³/mol. The Kier molecular flexibility index (Phi) is 26.2. The second-order valence-corrected chi connectivity index (χ2v) is 6.02. The summed E-state index contributed by atoms with van der Waals surface area (Å²) >= 11 is 0. The first-order chi connectivity index (χ1) is 15.6. The second-order valence-electron chi connectivity index (χ2n) is 6.02. The maximum absolute atomic E-state index is 10.6. The SMILES string of the molecule is COC(=O)CCC(=O)OC.COC(=O)CCCC(=O)OC.COC(=O)CCCCC(=O)OC. The molecule has 0 aliphatic heterocycles. The Morgan fingerprint density at radius 3 is 0.727 bits per heavy atom. The van der Waals surface area contributed by atoms with Crippen LogP contribution in [0.1, 0.15) is 57.8 Å². The average molecular weight is 481 g/mol. The number of hydrogen-bond donors (Lipinski definition) is 0. The van der Waals surface area contributed by atoms with E-state index in [4.69, 9.17) is 0 Å². The first-order valence-electron chi connectivity index (χ1n) is 10.0. The van der Waals surface area contributed by atoms with Crippen LogP contribution in [-0.4, -0.2) is 78.5 Å². The first-order valence-corrected chi connectivity index (χ1v) is 10.0. The topological polar surface area (TPSA) is 158 Å². The minimum Gasteiger partial charge on any atom is -0.469 e. The lowest BCUT2D eigenvalue weighted by atomic mass is 10.2. The highest BCUT2D eigenvalue weighted by Crippen LogP contribution is 2.01. The van der Waals surface area contributed by atoms with Crippen LogP contribution in [0.3, 0.4) is 0 Å². The van der Waals surface area contributed by atoms with Gasteiger partial charge in [-0.05, 0) is 19.3 Å². The van der Waals surface area contributed by atoms with E-state index in [0.29, 0.717) is 32.1 Å². The molecule has 12 nitrogen and oxygen atoms in total. The van der Waals surface area contributed by atoms with Crippen molar-refractivity contribution in [2.45, 2.75) is 57.8 Å². The summed E-state index contributed by atoms with van der Waals surface area (Å²) < 4.78 is 26.2. The van der Waals surface area contributed by atoms with Gasteiger partial charge < -0.3 is 28.4 Å². The van der Waals surface area contributed by atoms with Gasteiger partial charge in [-0.25, -0.2) is 0 Å². The molecule has 0 amide bonds. The Labute approximate surface area is 194 Å². The normalized spacial score (nSPS) is 8.91. The molecule has 0 aliphatic rings. The molecule has 192 valence electrons. The molecule has 0 aromatic carbocycles. The smallest absolute Gasteiger partial charge is 0.306 e. The van der Waals surface area contributed by atoms with Crippen LogP contribution in [0.25, 0.3) is 0 Å². The molecule has 0 saturated heterocycles. The molecule has 0 saturated carbocycles. The van der Waals surface area contributed by atoms with Gasteiger partial charge in [0.05, 0.1) is 55.5 Å². The molecule has 0 rings (SSSR count). The predicted octanol–water partition coefficient (Wildman–Crippen LogP) is 1.51. The van der Waals surface area contributed by atoms with Crippen molar-refractivity contribution >= 4 is 35.8 Å². The van der Waals surface area contributed by atoms with Crippen LogP contribution < -0.4 is 0 Å². The summed E-state index contributed by atoms with van der Waals surface area (Å²) in [7, 11) is 7.89. The highest BCUT2D eigenvalue weighted by Gasteiger charge is 2.05. The zero-order valence-corrected chi connectivity index (χ0v) is 20.3. The maximum atomic E-state index is 10.6. The van der Waals surface area contributed by atoms with E-state index in [1.165, 1.54) is 42.7 Å². The fourth-order valence-corrected chi connectivity index (χ4v) is 1.73. The highest BCUT2D eigenvalue weighted by molar-refractivity contribution is 5.77. The van der Waals surface area contributed by atoms with E-state index < -0.39 is 11.9 Å². The van der Waals surface area contributed by atoms with Crippen molar-refractivity contribution in [3.63, 3.8) is 0 Å². The van der Waals surface area contributed by atoms with E-state index in [9.17, 15) is 28.8 Å². The van der Waals surface area contributed by atoms with Gasteiger partial charge in [-0.3, -0.25) is 28.8 Å². The summed E-state index contributed by atoms with van der Waals surface area (Å²) in [5.41, 5.74) is 0. The number of unbranched alkanes of at least 4 members (excludes halogenated alkanes) is 1. The van der Waals surface area contributed by atoms with Crippen molar-refractivity contribution in [3.8, 4) is 0 Å². The highest BCUT2D eigenvalue weighted by atomic mass is 16.5. The van der Waals surface area contributed by atoms with Crippen LogP contribution in [0.5, 0.6) is 0 Å². The van der Waals surface area contributed by atoms with Gasteiger partial charge in [0.2, 0.25) is 0 Å². The van der Waals surface area contributed by atoms with Gasteiger partial charge in [0.1, 0.15) is 0 Å². The first kappa shape index (κ1) is 34.4. The quantitative estimate of drug-likeness (QED) is 0.225. The van der Waals surface area contributed by atoms with Crippen molar-refractivity contribution in [3.05, 3.63) is 0 Å². The Bertz CT molecular complexity index is 536. The summed E-state index contributed by atoms with van der Waals surface area (Å²) in [5, 5.41) is 0. The van der Waals surface area contributed by atoms with Crippen LogP contribution in [0.4, 0.5) is 0 Å². The Morgan fingerprint density at radius 1 is 0.333 bits per heavy atom. The van der Waals surface area contributed by atoms with Gasteiger partial charge in [-0.1, -0.05) is 0 Å². The standard InChI is InChI=1S/C8H14O4.C7H12O4.C6H10O4/c1-11-7(9)5-3-4-6-8(10)12-2;1-10-6(8)4-3-5-7(9)11-2;1-9-5(7)3-4-6(8)10-2/h3-6H2,1-2H3;3-5H2,1-2H3;3-4H2,1-2H3.